The van der Waals surface area contributed by atoms with Crippen molar-refractivity contribution in [1.82, 2.24) is 0 Å². The fourth-order valence-corrected chi connectivity index (χ4v) is 2.17. The molecule has 1 aliphatic rings. The Bertz CT molecular complexity index is 338. The van der Waals surface area contributed by atoms with Gasteiger partial charge in [0.25, 0.3) is 0 Å². The van der Waals surface area contributed by atoms with Crippen LogP contribution in [-0.2, 0) is 0 Å². The van der Waals surface area contributed by atoms with Crippen molar-refractivity contribution in [1.29, 1.82) is 0 Å². The van der Waals surface area contributed by atoms with Crippen LogP contribution < -0.4 is 5.32 Å². The lowest BCUT2D eigenvalue weighted by atomic mass is 10.3. The second kappa shape index (κ2) is 3.03. The zero-order chi connectivity index (χ0) is 8.55. The molecule has 1 aromatic carbocycles. The number of benzene rings is 1. The number of hydrogen-bond donors (Lipinski definition) is 1. The molecule has 0 radical (unpaired) electrons. The van der Waals surface area contributed by atoms with E-state index in [0.717, 1.165) is 10.6 Å². The van der Waals surface area contributed by atoms with Crippen LogP contribution in [0.25, 0.3) is 0 Å². The van der Waals surface area contributed by atoms with Crippen LogP contribution in [0.5, 0.6) is 0 Å². The molecule has 0 spiro atoms. The summed E-state index contributed by atoms with van der Waals surface area (Å²) in [5, 5.41) is 2.86. The zero-order valence-electron chi connectivity index (χ0n) is 6.13. The number of para-hydroxylation sites is 1. The summed E-state index contributed by atoms with van der Waals surface area (Å²) in [5.74, 6) is 0.508. The fraction of sp³-hybridized carbons (Fsp3) is 0.125. The smallest absolute Gasteiger partial charge is 0.147 e. The summed E-state index contributed by atoms with van der Waals surface area (Å²) in [5.41, 5.74) is 0.527. The first kappa shape index (κ1) is 8.01. The molecule has 1 aromatic rings. The quantitative estimate of drug-likeness (QED) is 0.645. The Hall–Kier alpha value is -0.610. The summed E-state index contributed by atoms with van der Waals surface area (Å²) in [6, 6.07) is 5.02. The third kappa shape index (κ3) is 1.32. The molecule has 0 saturated carbocycles. The SMILES string of the molecule is Fc1cccc2c1NC(=S)CS2. The van der Waals surface area contributed by atoms with Crippen LogP contribution in [0.2, 0.25) is 0 Å². The van der Waals surface area contributed by atoms with E-state index < -0.39 is 0 Å². The first-order valence-electron chi connectivity index (χ1n) is 3.48. The number of fused-ring (bicyclic) bond motifs is 1. The van der Waals surface area contributed by atoms with E-state index in [1.54, 1.807) is 17.8 Å². The molecule has 4 heteroatoms. The van der Waals surface area contributed by atoms with E-state index in [9.17, 15) is 4.39 Å². The minimum absolute atomic E-state index is 0.234. The lowest BCUT2D eigenvalue weighted by Gasteiger charge is -2.18. The van der Waals surface area contributed by atoms with Gasteiger partial charge in [0.1, 0.15) is 5.82 Å². The summed E-state index contributed by atoms with van der Waals surface area (Å²) in [6.45, 7) is 0. The molecule has 0 atom stereocenters. The van der Waals surface area contributed by atoms with E-state index in [-0.39, 0.29) is 5.82 Å². The third-order valence-electron chi connectivity index (χ3n) is 1.60. The van der Waals surface area contributed by atoms with Crippen LogP contribution in [0.1, 0.15) is 0 Å². The minimum Gasteiger partial charge on any atom is -0.346 e. The van der Waals surface area contributed by atoms with E-state index in [1.807, 2.05) is 6.07 Å². The maximum absolute atomic E-state index is 13.1. The highest BCUT2D eigenvalue weighted by atomic mass is 32.2. The first-order valence-corrected chi connectivity index (χ1v) is 4.88. The van der Waals surface area contributed by atoms with Crippen molar-refractivity contribution < 1.29 is 4.39 Å². The molecule has 1 heterocycles. The number of thioether (sulfide) groups is 1. The molecule has 12 heavy (non-hydrogen) atoms. The van der Waals surface area contributed by atoms with Gasteiger partial charge in [-0.05, 0) is 12.1 Å². The highest BCUT2D eigenvalue weighted by Crippen LogP contribution is 2.33. The van der Waals surface area contributed by atoms with Gasteiger partial charge < -0.3 is 5.32 Å². The second-order valence-corrected chi connectivity index (χ2v) is 3.96. The minimum atomic E-state index is -0.234. The number of halogens is 1. The molecule has 1 N–H and O–H groups in total. The maximum atomic E-state index is 13.1. The Balaban J connectivity index is 2.50. The van der Waals surface area contributed by atoms with E-state index in [2.05, 4.69) is 5.32 Å². The summed E-state index contributed by atoms with van der Waals surface area (Å²) in [4.78, 5) is 1.63. The molecular formula is C8H6FNS2. The molecule has 0 amide bonds. The Labute approximate surface area is 79.4 Å². The molecule has 1 nitrogen and oxygen atoms in total. The lowest BCUT2D eigenvalue weighted by Crippen LogP contribution is -2.17. The molecular weight excluding hydrogens is 193 g/mol. The highest BCUT2D eigenvalue weighted by molar-refractivity contribution is 8.01. The van der Waals surface area contributed by atoms with Crippen LogP contribution in [-0.4, -0.2) is 10.7 Å². The molecule has 0 aromatic heterocycles. The van der Waals surface area contributed by atoms with Gasteiger partial charge in [-0.3, -0.25) is 0 Å². The van der Waals surface area contributed by atoms with Gasteiger partial charge in [0.05, 0.1) is 10.7 Å². The molecule has 0 bridgehead atoms. The van der Waals surface area contributed by atoms with Gasteiger partial charge in [-0.2, -0.15) is 0 Å². The van der Waals surface area contributed by atoms with Gasteiger partial charge in [-0.25, -0.2) is 4.39 Å². The van der Waals surface area contributed by atoms with Crippen LogP contribution in [0.3, 0.4) is 0 Å². The van der Waals surface area contributed by atoms with Crippen molar-refractivity contribution in [2.75, 3.05) is 11.1 Å². The Morgan fingerprint density at radius 1 is 1.50 bits per heavy atom. The van der Waals surface area contributed by atoms with Crippen LogP contribution in [0.15, 0.2) is 23.1 Å². The normalized spacial score (nSPS) is 15.2. The molecule has 62 valence electrons. The number of thiocarbonyl (C=S) groups is 1. The van der Waals surface area contributed by atoms with Crippen LogP contribution in [0, 0.1) is 5.82 Å². The van der Waals surface area contributed by atoms with Gasteiger partial charge in [-0.1, -0.05) is 18.3 Å². The number of hydrogen-bond acceptors (Lipinski definition) is 2. The van der Waals surface area contributed by atoms with Crippen molar-refractivity contribution in [3.63, 3.8) is 0 Å². The summed E-state index contributed by atoms with van der Waals surface area (Å²) in [6.07, 6.45) is 0. The Morgan fingerprint density at radius 3 is 3.17 bits per heavy atom. The average molecular weight is 199 g/mol. The Morgan fingerprint density at radius 2 is 2.33 bits per heavy atom. The lowest BCUT2D eigenvalue weighted by molar-refractivity contribution is 0.629. The van der Waals surface area contributed by atoms with Gasteiger partial charge >= 0.3 is 0 Å². The molecule has 0 saturated heterocycles. The largest absolute Gasteiger partial charge is 0.346 e. The predicted octanol–water partition coefficient (Wildman–Crippen LogP) is 2.67. The van der Waals surface area contributed by atoms with E-state index in [1.165, 1.54) is 6.07 Å². The van der Waals surface area contributed by atoms with E-state index >= 15 is 0 Å². The molecule has 0 fully saturated rings. The van der Waals surface area contributed by atoms with Crippen molar-refractivity contribution in [3.05, 3.63) is 24.0 Å². The number of nitrogens with one attached hydrogen (secondary N) is 1. The molecule has 0 aliphatic carbocycles. The van der Waals surface area contributed by atoms with Gasteiger partial charge in [0.2, 0.25) is 0 Å². The average Bonchev–Trinajstić information content (AvgIpc) is 2.07. The molecule has 2 rings (SSSR count). The van der Waals surface area contributed by atoms with Crippen molar-refractivity contribution >= 4 is 34.7 Å². The fourth-order valence-electron chi connectivity index (χ4n) is 1.06. The van der Waals surface area contributed by atoms with Crippen LogP contribution in [0.4, 0.5) is 10.1 Å². The third-order valence-corrected chi connectivity index (χ3v) is 3.11. The number of rotatable bonds is 0. The number of anilines is 1. The van der Waals surface area contributed by atoms with Gasteiger partial charge in [0.15, 0.2) is 0 Å². The van der Waals surface area contributed by atoms with Crippen molar-refractivity contribution in [2.24, 2.45) is 0 Å². The second-order valence-electron chi connectivity index (χ2n) is 2.45. The highest BCUT2D eigenvalue weighted by Gasteiger charge is 2.15. The summed E-state index contributed by atoms with van der Waals surface area (Å²) in [7, 11) is 0. The Kier molecular flexibility index (Phi) is 2.02. The molecule has 0 unspecified atom stereocenters. The standard InChI is InChI=1S/C8H6FNS2/c9-5-2-1-3-6-8(5)10-7(11)4-12-6/h1-3H,4H2,(H,10,11). The van der Waals surface area contributed by atoms with Gasteiger partial charge in [0, 0.05) is 10.6 Å². The maximum Gasteiger partial charge on any atom is 0.147 e. The van der Waals surface area contributed by atoms with Gasteiger partial charge in [-0.15, -0.1) is 11.8 Å². The van der Waals surface area contributed by atoms with E-state index in [0.29, 0.717) is 10.7 Å². The summed E-state index contributed by atoms with van der Waals surface area (Å²) < 4.78 is 13.1. The monoisotopic (exact) mass is 199 g/mol. The van der Waals surface area contributed by atoms with Crippen molar-refractivity contribution in [3.8, 4) is 0 Å². The topological polar surface area (TPSA) is 12.0 Å². The zero-order valence-corrected chi connectivity index (χ0v) is 7.77. The first-order chi connectivity index (χ1) is 5.77. The summed E-state index contributed by atoms with van der Waals surface area (Å²) >= 11 is 6.51. The predicted molar refractivity (Wildman–Crippen MR) is 53.3 cm³/mol. The van der Waals surface area contributed by atoms with Crippen molar-refractivity contribution in [2.45, 2.75) is 4.90 Å². The van der Waals surface area contributed by atoms with E-state index in [4.69, 9.17) is 12.2 Å². The van der Waals surface area contributed by atoms with Crippen LogP contribution >= 0.6 is 24.0 Å². The molecule has 1 aliphatic heterocycles.